The number of pyridine rings is 1. The summed E-state index contributed by atoms with van der Waals surface area (Å²) in [5.74, 6) is 0. The highest BCUT2D eigenvalue weighted by Gasteiger charge is 2.09. The molecule has 2 rings (SSSR count). The number of nitrogens with zero attached hydrogens (tertiary/aromatic N) is 1. The Balaban J connectivity index is 2.98. The molecular formula is C10H6Cl2IN. The van der Waals surface area contributed by atoms with Crippen LogP contribution in [0.3, 0.4) is 0 Å². The Morgan fingerprint density at radius 1 is 1.14 bits per heavy atom. The van der Waals surface area contributed by atoms with Crippen molar-refractivity contribution in [1.29, 1.82) is 0 Å². The zero-order valence-corrected chi connectivity index (χ0v) is 11.0. The summed E-state index contributed by atoms with van der Waals surface area (Å²) in [5.41, 5.74) is 0.994. The van der Waals surface area contributed by atoms with E-state index in [1.54, 1.807) is 6.20 Å². The number of hydrogen-bond donors (Lipinski definition) is 0. The van der Waals surface area contributed by atoms with E-state index in [4.69, 9.17) is 23.2 Å². The number of benzene rings is 1. The summed E-state index contributed by atoms with van der Waals surface area (Å²) < 4.78 is 1.08. The van der Waals surface area contributed by atoms with Gasteiger partial charge in [-0.1, -0.05) is 23.2 Å². The minimum atomic E-state index is 0.590. The highest BCUT2D eigenvalue weighted by Crippen LogP contribution is 2.34. The van der Waals surface area contributed by atoms with Crippen LogP contribution < -0.4 is 0 Å². The van der Waals surface area contributed by atoms with E-state index in [2.05, 4.69) is 27.6 Å². The van der Waals surface area contributed by atoms with Gasteiger partial charge in [0.05, 0.1) is 10.0 Å². The van der Waals surface area contributed by atoms with Crippen LogP contribution in [0.1, 0.15) is 5.56 Å². The quantitative estimate of drug-likeness (QED) is 0.647. The van der Waals surface area contributed by atoms with Gasteiger partial charge in [-0.25, -0.2) is 0 Å². The largest absolute Gasteiger partial charge is 0.263 e. The fraction of sp³-hybridized carbons (Fsp3) is 0.100. The van der Waals surface area contributed by atoms with Gasteiger partial charge in [-0.05, 0) is 46.5 Å². The van der Waals surface area contributed by atoms with Gasteiger partial charge < -0.3 is 0 Å². The molecule has 0 atom stereocenters. The van der Waals surface area contributed by atoms with Crippen LogP contribution in [-0.4, -0.2) is 4.98 Å². The second-order valence-electron chi connectivity index (χ2n) is 3.04. The molecule has 0 radical (unpaired) electrons. The highest BCUT2D eigenvalue weighted by molar-refractivity contribution is 14.1. The summed E-state index contributed by atoms with van der Waals surface area (Å²) >= 11 is 14.4. The SMILES string of the molecule is Cc1cc2c(I)cncc2c(Cl)c1Cl. The zero-order chi connectivity index (χ0) is 10.3. The number of aryl methyl sites for hydroxylation is 1. The van der Waals surface area contributed by atoms with Crippen LogP contribution >= 0.6 is 45.8 Å². The molecule has 0 N–H and O–H groups in total. The first-order valence-electron chi connectivity index (χ1n) is 3.99. The summed E-state index contributed by atoms with van der Waals surface area (Å²) in [5, 5.41) is 3.22. The molecule has 2 aromatic rings. The van der Waals surface area contributed by atoms with Crippen molar-refractivity contribution in [2.75, 3.05) is 0 Å². The normalized spacial score (nSPS) is 10.9. The summed E-state index contributed by atoms with van der Waals surface area (Å²) in [6.45, 7) is 1.95. The molecule has 1 nitrogen and oxygen atoms in total. The molecule has 4 heteroatoms. The van der Waals surface area contributed by atoms with E-state index >= 15 is 0 Å². The Kier molecular flexibility index (Phi) is 2.86. The lowest BCUT2D eigenvalue weighted by Crippen LogP contribution is -1.85. The van der Waals surface area contributed by atoms with E-state index in [1.807, 2.05) is 19.2 Å². The third-order valence-electron chi connectivity index (χ3n) is 2.08. The monoisotopic (exact) mass is 337 g/mol. The van der Waals surface area contributed by atoms with Crippen LogP contribution in [0.25, 0.3) is 10.8 Å². The first-order valence-corrected chi connectivity index (χ1v) is 5.82. The zero-order valence-electron chi connectivity index (χ0n) is 7.31. The average Bonchev–Trinajstić information content (AvgIpc) is 2.17. The van der Waals surface area contributed by atoms with Crippen LogP contribution in [0, 0.1) is 10.5 Å². The van der Waals surface area contributed by atoms with E-state index in [1.165, 1.54) is 0 Å². The standard InChI is InChI=1S/C10H6Cl2IN/c1-5-2-6-7(10(12)9(5)11)3-14-4-8(6)13/h2-4H,1H3. The molecule has 0 saturated heterocycles. The van der Waals surface area contributed by atoms with Crippen molar-refractivity contribution >= 4 is 56.6 Å². The van der Waals surface area contributed by atoms with E-state index in [9.17, 15) is 0 Å². The molecule has 0 saturated carbocycles. The van der Waals surface area contributed by atoms with Crippen LogP contribution in [0.5, 0.6) is 0 Å². The predicted octanol–water partition coefficient (Wildman–Crippen LogP) is 4.45. The molecule has 0 aliphatic heterocycles. The van der Waals surface area contributed by atoms with Gasteiger partial charge in [-0.15, -0.1) is 0 Å². The second kappa shape index (κ2) is 3.83. The first kappa shape index (κ1) is 10.5. The number of halogens is 3. The molecule has 0 aliphatic rings. The van der Waals surface area contributed by atoms with Crippen molar-refractivity contribution in [1.82, 2.24) is 4.98 Å². The average molecular weight is 338 g/mol. The van der Waals surface area contributed by atoms with Gasteiger partial charge >= 0.3 is 0 Å². The van der Waals surface area contributed by atoms with Crippen molar-refractivity contribution < 1.29 is 0 Å². The van der Waals surface area contributed by atoms with Gasteiger partial charge in [0.25, 0.3) is 0 Å². The fourth-order valence-corrected chi connectivity index (χ4v) is 2.40. The van der Waals surface area contributed by atoms with Crippen molar-refractivity contribution in [2.24, 2.45) is 0 Å². The summed E-state index contributed by atoms with van der Waals surface area (Å²) in [6, 6.07) is 2.03. The number of rotatable bonds is 0. The van der Waals surface area contributed by atoms with Gasteiger partial charge in [0.1, 0.15) is 0 Å². The van der Waals surface area contributed by atoms with Crippen LogP contribution in [-0.2, 0) is 0 Å². The maximum absolute atomic E-state index is 6.13. The maximum Gasteiger partial charge on any atom is 0.0689 e. The third kappa shape index (κ3) is 1.59. The molecule has 1 aromatic carbocycles. The smallest absolute Gasteiger partial charge is 0.0689 e. The number of hydrogen-bond acceptors (Lipinski definition) is 1. The lowest BCUT2D eigenvalue weighted by molar-refractivity contribution is 1.34. The lowest BCUT2D eigenvalue weighted by atomic mass is 10.1. The fourth-order valence-electron chi connectivity index (χ4n) is 1.34. The summed E-state index contributed by atoms with van der Waals surface area (Å²) in [4.78, 5) is 4.09. The Morgan fingerprint density at radius 2 is 1.86 bits per heavy atom. The van der Waals surface area contributed by atoms with Crippen molar-refractivity contribution in [3.63, 3.8) is 0 Å². The van der Waals surface area contributed by atoms with Gasteiger partial charge in [0.2, 0.25) is 0 Å². The molecule has 1 aromatic heterocycles. The summed E-state index contributed by atoms with van der Waals surface area (Å²) in [6.07, 6.45) is 3.55. The lowest BCUT2D eigenvalue weighted by Gasteiger charge is -2.06. The molecule has 1 heterocycles. The molecule has 14 heavy (non-hydrogen) atoms. The molecule has 0 unspecified atom stereocenters. The Bertz CT molecular complexity index is 511. The van der Waals surface area contributed by atoms with Crippen molar-refractivity contribution in [2.45, 2.75) is 6.92 Å². The Labute approximate surface area is 106 Å². The first-order chi connectivity index (χ1) is 6.61. The van der Waals surface area contributed by atoms with Crippen LogP contribution in [0.2, 0.25) is 10.0 Å². The minimum absolute atomic E-state index is 0.590. The van der Waals surface area contributed by atoms with Crippen molar-refractivity contribution in [3.8, 4) is 0 Å². The van der Waals surface area contributed by atoms with E-state index in [-0.39, 0.29) is 0 Å². The Morgan fingerprint density at radius 3 is 2.57 bits per heavy atom. The number of fused-ring (bicyclic) bond motifs is 1. The number of aromatic nitrogens is 1. The van der Waals surface area contributed by atoms with Crippen LogP contribution in [0.4, 0.5) is 0 Å². The van der Waals surface area contributed by atoms with Gasteiger partial charge in [0, 0.05) is 21.4 Å². The topological polar surface area (TPSA) is 12.9 Å². The summed E-state index contributed by atoms with van der Waals surface area (Å²) in [7, 11) is 0. The van der Waals surface area contributed by atoms with E-state index < -0.39 is 0 Å². The predicted molar refractivity (Wildman–Crippen MR) is 69.2 cm³/mol. The third-order valence-corrected chi connectivity index (χ3v) is 3.91. The molecule has 0 amide bonds. The van der Waals surface area contributed by atoms with Crippen LogP contribution in [0.15, 0.2) is 18.5 Å². The van der Waals surface area contributed by atoms with E-state index in [0.717, 1.165) is 19.9 Å². The van der Waals surface area contributed by atoms with Gasteiger partial charge in [-0.2, -0.15) is 0 Å². The molecule has 0 aliphatic carbocycles. The molecular weight excluding hydrogens is 332 g/mol. The Hall–Kier alpha value is -0.0600. The van der Waals surface area contributed by atoms with Crippen molar-refractivity contribution in [3.05, 3.63) is 37.6 Å². The van der Waals surface area contributed by atoms with E-state index in [0.29, 0.717) is 10.0 Å². The molecule has 0 fully saturated rings. The second-order valence-corrected chi connectivity index (χ2v) is 4.96. The molecule has 72 valence electrons. The van der Waals surface area contributed by atoms with Gasteiger partial charge in [-0.3, -0.25) is 4.98 Å². The minimum Gasteiger partial charge on any atom is -0.263 e. The van der Waals surface area contributed by atoms with Gasteiger partial charge in [0.15, 0.2) is 0 Å². The highest BCUT2D eigenvalue weighted by atomic mass is 127. The molecule has 0 bridgehead atoms. The molecule has 0 spiro atoms. The maximum atomic E-state index is 6.13.